The van der Waals surface area contributed by atoms with Crippen LogP contribution in [0.5, 0.6) is 0 Å². The molecule has 0 aliphatic carbocycles. The fourth-order valence-electron chi connectivity index (χ4n) is 3.84. The summed E-state index contributed by atoms with van der Waals surface area (Å²) in [4.78, 5) is 17.2. The zero-order valence-electron chi connectivity index (χ0n) is 17.7. The predicted octanol–water partition coefficient (Wildman–Crippen LogP) is 3.23. The highest BCUT2D eigenvalue weighted by Crippen LogP contribution is 2.19. The van der Waals surface area contributed by atoms with Crippen molar-refractivity contribution in [1.29, 1.82) is 0 Å². The number of hydrogen-bond donors (Lipinski definition) is 0. The number of benzene rings is 1. The normalized spacial score (nSPS) is 15.0. The Bertz CT molecular complexity index is 1050. The number of nitrogens with zero attached hydrogens (tertiary/aromatic N) is 6. The zero-order chi connectivity index (χ0) is 21.3. The lowest BCUT2D eigenvalue weighted by Gasteiger charge is -2.34. The fourth-order valence-corrected chi connectivity index (χ4v) is 4.13. The maximum absolute atomic E-state index is 12.9. The molecule has 0 saturated carbocycles. The standard InChI is InChI=1S/C22H27BrN6O/c1-16-5-4-6-19(13-16)14-26-9-11-27(12-10-26)22(30)20-7-8-28(25-20)15-29-18(3)21(23)17(2)24-29/h4-8,13H,9-12,14-15H2,1-3H3. The van der Waals surface area contributed by atoms with E-state index in [1.807, 2.05) is 29.6 Å². The van der Waals surface area contributed by atoms with Crippen LogP contribution in [-0.2, 0) is 13.2 Å². The molecule has 0 unspecified atom stereocenters. The lowest BCUT2D eigenvalue weighted by Crippen LogP contribution is -2.48. The minimum Gasteiger partial charge on any atom is -0.335 e. The second-order valence-electron chi connectivity index (χ2n) is 7.92. The van der Waals surface area contributed by atoms with Gasteiger partial charge in [0.1, 0.15) is 12.4 Å². The summed E-state index contributed by atoms with van der Waals surface area (Å²) in [6, 6.07) is 10.4. The average molecular weight is 471 g/mol. The van der Waals surface area contributed by atoms with Gasteiger partial charge in [0.2, 0.25) is 0 Å². The molecule has 1 aliphatic heterocycles. The second-order valence-corrected chi connectivity index (χ2v) is 8.72. The number of rotatable bonds is 5. The van der Waals surface area contributed by atoms with Crippen LogP contribution >= 0.6 is 15.9 Å². The van der Waals surface area contributed by atoms with Gasteiger partial charge < -0.3 is 4.90 Å². The molecule has 1 amide bonds. The van der Waals surface area contributed by atoms with E-state index in [1.165, 1.54) is 11.1 Å². The molecule has 2 aromatic heterocycles. The monoisotopic (exact) mass is 470 g/mol. The van der Waals surface area contributed by atoms with Gasteiger partial charge in [-0.3, -0.25) is 14.4 Å². The lowest BCUT2D eigenvalue weighted by molar-refractivity contribution is 0.0621. The highest BCUT2D eigenvalue weighted by Gasteiger charge is 2.24. The van der Waals surface area contributed by atoms with E-state index in [1.54, 1.807) is 10.7 Å². The van der Waals surface area contributed by atoms with Crippen molar-refractivity contribution in [3.63, 3.8) is 0 Å². The molecular weight excluding hydrogens is 444 g/mol. The lowest BCUT2D eigenvalue weighted by atomic mass is 10.1. The van der Waals surface area contributed by atoms with Gasteiger partial charge in [0.05, 0.1) is 15.9 Å². The Balaban J connectivity index is 1.34. The quantitative estimate of drug-likeness (QED) is 0.574. The molecule has 1 fully saturated rings. The van der Waals surface area contributed by atoms with E-state index in [9.17, 15) is 4.79 Å². The van der Waals surface area contributed by atoms with Crippen molar-refractivity contribution in [2.45, 2.75) is 34.0 Å². The Morgan fingerprint density at radius 1 is 1.07 bits per heavy atom. The first-order chi connectivity index (χ1) is 14.4. The Morgan fingerprint density at radius 3 is 2.50 bits per heavy atom. The van der Waals surface area contributed by atoms with Crippen LogP contribution in [0.25, 0.3) is 0 Å². The number of piperazine rings is 1. The number of carbonyl (C=O) groups is 1. The largest absolute Gasteiger partial charge is 0.335 e. The summed E-state index contributed by atoms with van der Waals surface area (Å²) >= 11 is 3.55. The van der Waals surface area contributed by atoms with Crippen LogP contribution < -0.4 is 0 Å². The summed E-state index contributed by atoms with van der Waals surface area (Å²) in [6.45, 7) is 10.7. The number of aromatic nitrogens is 4. The van der Waals surface area contributed by atoms with E-state index in [-0.39, 0.29) is 5.91 Å². The third-order valence-electron chi connectivity index (χ3n) is 5.58. The predicted molar refractivity (Wildman–Crippen MR) is 119 cm³/mol. The van der Waals surface area contributed by atoms with E-state index >= 15 is 0 Å². The summed E-state index contributed by atoms with van der Waals surface area (Å²) in [6.07, 6.45) is 1.84. The molecule has 7 nitrogen and oxygen atoms in total. The maximum Gasteiger partial charge on any atom is 0.274 e. The van der Waals surface area contributed by atoms with Gasteiger partial charge in [0.25, 0.3) is 5.91 Å². The molecule has 3 heterocycles. The molecule has 30 heavy (non-hydrogen) atoms. The van der Waals surface area contributed by atoms with Crippen LogP contribution in [0.3, 0.4) is 0 Å². The molecule has 1 aromatic carbocycles. The van der Waals surface area contributed by atoms with Crippen molar-refractivity contribution < 1.29 is 4.79 Å². The number of aryl methyl sites for hydroxylation is 2. The van der Waals surface area contributed by atoms with E-state index in [0.29, 0.717) is 12.4 Å². The van der Waals surface area contributed by atoms with Gasteiger partial charge in [-0.2, -0.15) is 10.2 Å². The summed E-state index contributed by atoms with van der Waals surface area (Å²) in [5, 5.41) is 9.00. The van der Waals surface area contributed by atoms with E-state index < -0.39 is 0 Å². The van der Waals surface area contributed by atoms with Gasteiger partial charge in [0, 0.05) is 38.9 Å². The third kappa shape index (κ3) is 4.49. The fraction of sp³-hybridized carbons (Fsp3) is 0.409. The summed E-state index contributed by atoms with van der Waals surface area (Å²) in [5.74, 6) is -0.00139. The molecule has 8 heteroatoms. The van der Waals surface area contributed by atoms with Gasteiger partial charge in [0.15, 0.2) is 0 Å². The van der Waals surface area contributed by atoms with Crippen LogP contribution in [0, 0.1) is 20.8 Å². The number of amides is 1. The van der Waals surface area contributed by atoms with Crippen LogP contribution in [0.1, 0.15) is 33.0 Å². The van der Waals surface area contributed by atoms with Gasteiger partial charge in [-0.05, 0) is 48.3 Å². The molecule has 0 bridgehead atoms. The Morgan fingerprint density at radius 2 is 1.83 bits per heavy atom. The van der Waals surface area contributed by atoms with E-state index in [2.05, 4.69) is 62.2 Å². The van der Waals surface area contributed by atoms with E-state index in [0.717, 1.165) is 48.6 Å². The van der Waals surface area contributed by atoms with E-state index in [4.69, 9.17) is 0 Å². The minimum atomic E-state index is -0.00139. The van der Waals surface area contributed by atoms with Crippen LogP contribution in [0.2, 0.25) is 0 Å². The molecule has 4 rings (SSSR count). The number of hydrogen-bond acceptors (Lipinski definition) is 4. The molecule has 0 atom stereocenters. The second kappa shape index (κ2) is 8.73. The highest BCUT2D eigenvalue weighted by atomic mass is 79.9. The molecular formula is C22H27BrN6O. The Kier molecular flexibility index (Phi) is 6.06. The molecule has 3 aromatic rings. The van der Waals surface area contributed by atoms with Crippen LogP contribution in [0.4, 0.5) is 0 Å². The molecule has 1 aliphatic rings. The first-order valence-corrected chi connectivity index (χ1v) is 11.0. The number of halogens is 1. The van der Waals surface area contributed by atoms with Crippen molar-refractivity contribution in [2.24, 2.45) is 0 Å². The van der Waals surface area contributed by atoms with Crippen molar-refractivity contribution in [3.05, 3.63) is 69.2 Å². The van der Waals surface area contributed by atoms with Crippen molar-refractivity contribution in [3.8, 4) is 0 Å². The molecule has 0 N–H and O–H groups in total. The van der Waals surface area contributed by atoms with Crippen LogP contribution in [-0.4, -0.2) is 61.4 Å². The highest BCUT2D eigenvalue weighted by molar-refractivity contribution is 9.10. The molecule has 0 radical (unpaired) electrons. The smallest absolute Gasteiger partial charge is 0.274 e. The maximum atomic E-state index is 12.9. The summed E-state index contributed by atoms with van der Waals surface area (Å²) < 4.78 is 4.65. The van der Waals surface area contributed by atoms with Gasteiger partial charge >= 0.3 is 0 Å². The van der Waals surface area contributed by atoms with Crippen molar-refractivity contribution in [2.75, 3.05) is 26.2 Å². The van der Waals surface area contributed by atoms with Crippen LogP contribution in [0.15, 0.2) is 41.0 Å². The van der Waals surface area contributed by atoms with Crippen molar-refractivity contribution >= 4 is 21.8 Å². The van der Waals surface area contributed by atoms with Gasteiger partial charge in [-0.15, -0.1) is 0 Å². The molecule has 1 saturated heterocycles. The first-order valence-electron chi connectivity index (χ1n) is 10.2. The number of carbonyl (C=O) groups excluding carboxylic acids is 1. The first kappa shape index (κ1) is 20.8. The minimum absolute atomic E-state index is 0.00139. The Labute approximate surface area is 185 Å². The summed E-state index contributed by atoms with van der Waals surface area (Å²) in [7, 11) is 0. The van der Waals surface area contributed by atoms with Crippen molar-refractivity contribution in [1.82, 2.24) is 29.4 Å². The van der Waals surface area contributed by atoms with Gasteiger partial charge in [-0.25, -0.2) is 4.68 Å². The molecule has 158 valence electrons. The Hall–Kier alpha value is -2.45. The summed E-state index contributed by atoms with van der Waals surface area (Å²) in [5.41, 5.74) is 5.08. The van der Waals surface area contributed by atoms with Gasteiger partial charge in [-0.1, -0.05) is 29.8 Å². The zero-order valence-corrected chi connectivity index (χ0v) is 19.3. The average Bonchev–Trinajstić information content (AvgIpc) is 3.29. The molecule has 0 spiro atoms. The topological polar surface area (TPSA) is 59.2 Å². The third-order valence-corrected chi connectivity index (χ3v) is 6.73. The SMILES string of the molecule is Cc1cccc(CN2CCN(C(=O)c3ccn(Cn4nc(C)c(Br)c4C)n3)CC2)c1.